The second-order valence-corrected chi connectivity index (χ2v) is 5.12. The highest BCUT2D eigenvalue weighted by Crippen LogP contribution is 2.42. The number of ether oxygens (including phenoxy) is 2. The molecule has 0 saturated carbocycles. The lowest BCUT2D eigenvalue weighted by Gasteiger charge is -2.14. The summed E-state index contributed by atoms with van der Waals surface area (Å²) < 4.78 is 12.0. The molecule has 0 aliphatic rings. The van der Waals surface area contributed by atoms with Crippen LogP contribution in [0.2, 0.25) is 0 Å². The van der Waals surface area contributed by atoms with Gasteiger partial charge in [-0.3, -0.25) is 0 Å². The van der Waals surface area contributed by atoms with E-state index < -0.39 is 6.03 Å². The van der Waals surface area contributed by atoms with Crippen LogP contribution >= 0.6 is 31.9 Å². The summed E-state index contributed by atoms with van der Waals surface area (Å²) in [5, 5.41) is 12.3. The predicted octanol–water partition coefficient (Wildman–Crippen LogP) is 2.51. The van der Waals surface area contributed by atoms with E-state index in [-0.39, 0.29) is 6.61 Å². The molecule has 3 N–H and O–H groups in total. The number of carbonyl (C=O) groups excluding carboxylic acids is 1. The number of urea groups is 1. The number of nitrogens with one attached hydrogen (secondary N) is 1. The van der Waals surface area contributed by atoms with E-state index >= 15 is 0 Å². The Bertz CT molecular complexity index is 599. The van der Waals surface area contributed by atoms with E-state index in [9.17, 15) is 4.79 Å². The molecule has 0 fully saturated rings. The Morgan fingerprint density at radius 1 is 1.52 bits per heavy atom. The predicted molar refractivity (Wildman–Crippen MR) is 84.4 cm³/mol. The van der Waals surface area contributed by atoms with Crippen LogP contribution in [0.15, 0.2) is 20.1 Å². The molecule has 0 unspecified atom stereocenters. The van der Waals surface area contributed by atoms with Crippen molar-refractivity contribution < 1.29 is 14.3 Å². The average molecular weight is 420 g/mol. The molecule has 112 valence electrons. The Morgan fingerprint density at radius 3 is 2.81 bits per heavy atom. The van der Waals surface area contributed by atoms with Gasteiger partial charge < -0.3 is 15.2 Å². The molecule has 0 aromatic heterocycles. The minimum Gasteiger partial charge on any atom is -0.490 e. The molecule has 9 heteroatoms. The first-order valence-corrected chi connectivity index (χ1v) is 7.32. The summed E-state index contributed by atoms with van der Waals surface area (Å²) in [7, 11) is 0. The largest absolute Gasteiger partial charge is 0.490 e. The van der Waals surface area contributed by atoms with Gasteiger partial charge in [0.15, 0.2) is 18.1 Å². The summed E-state index contributed by atoms with van der Waals surface area (Å²) in [5.74, 6) is 0.855. The zero-order valence-corrected chi connectivity index (χ0v) is 14.2. The maximum atomic E-state index is 10.6. The van der Waals surface area contributed by atoms with E-state index in [0.717, 1.165) is 0 Å². The Balaban J connectivity index is 3.20. The summed E-state index contributed by atoms with van der Waals surface area (Å²) in [4.78, 5) is 10.6. The Hall–Kier alpha value is -1.79. The third-order valence-electron chi connectivity index (χ3n) is 2.12. The van der Waals surface area contributed by atoms with Gasteiger partial charge in [-0.05, 0) is 44.8 Å². The molecule has 0 bridgehead atoms. The summed E-state index contributed by atoms with van der Waals surface area (Å²) in [6.45, 7) is 2.14. The standard InChI is InChI=1S/C12H12Br2N4O3/c1-2-20-8-5-7(6-17-18-12(16)19)9(13)10(14)11(8)21-4-3-15/h5-6H,2,4H2,1H3,(H3,16,18,19). The highest BCUT2D eigenvalue weighted by Gasteiger charge is 2.16. The Kier molecular flexibility index (Phi) is 6.98. The smallest absolute Gasteiger partial charge is 0.332 e. The summed E-state index contributed by atoms with van der Waals surface area (Å²) in [6, 6.07) is 2.79. The van der Waals surface area contributed by atoms with Gasteiger partial charge in [0.25, 0.3) is 0 Å². The summed E-state index contributed by atoms with van der Waals surface area (Å²) in [6.07, 6.45) is 1.40. The van der Waals surface area contributed by atoms with E-state index in [0.29, 0.717) is 32.6 Å². The zero-order valence-electron chi connectivity index (χ0n) is 11.0. The normalized spacial score (nSPS) is 10.2. The number of hydrogen-bond donors (Lipinski definition) is 2. The number of rotatable bonds is 6. The molecular formula is C12H12Br2N4O3. The van der Waals surface area contributed by atoms with E-state index in [1.165, 1.54) is 6.21 Å². The number of halogens is 2. The van der Waals surface area contributed by atoms with Crippen LogP contribution in [0.1, 0.15) is 12.5 Å². The lowest BCUT2D eigenvalue weighted by atomic mass is 10.2. The van der Waals surface area contributed by atoms with Crippen molar-refractivity contribution in [2.75, 3.05) is 13.2 Å². The van der Waals surface area contributed by atoms with Crippen molar-refractivity contribution in [3.63, 3.8) is 0 Å². The van der Waals surface area contributed by atoms with Gasteiger partial charge in [0.2, 0.25) is 0 Å². The lowest BCUT2D eigenvalue weighted by Crippen LogP contribution is -2.24. The Morgan fingerprint density at radius 2 is 2.24 bits per heavy atom. The van der Waals surface area contributed by atoms with Crippen molar-refractivity contribution in [1.82, 2.24) is 5.43 Å². The number of carbonyl (C=O) groups is 1. The highest BCUT2D eigenvalue weighted by atomic mass is 79.9. The molecule has 1 aromatic carbocycles. The fraction of sp³-hybridized carbons (Fsp3) is 0.250. The number of nitrogens with zero attached hydrogens (tertiary/aromatic N) is 2. The quantitative estimate of drug-likeness (QED) is 0.545. The first-order valence-electron chi connectivity index (χ1n) is 5.74. The second kappa shape index (κ2) is 8.49. The molecule has 0 aliphatic carbocycles. The monoisotopic (exact) mass is 418 g/mol. The van der Waals surface area contributed by atoms with Crippen molar-refractivity contribution in [3.05, 3.63) is 20.6 Å². The number of nitrogens with two attached hydrogens (primary N) is 1. The van der Waals surface area contributed by atoms with Gasteiger partial charge in [-0.2, -0.15) is 10.4 Å². The van der Waals surface area contributed by atoms with Gasteiger partial charge in [-0.25, -0.2) is 10.2 Å². The Labute approximate surface area is 138 Å². The van der Waals surface area contributed by atoms with Crippen LogP contribution in [0.25, 0.3) is 0 Å². The molecule has 0 atom stereocenters. The van der Waals surface area contributed by atoms with Gasteiger partial charge >= 0.3 is 6.03 Å². The molecule has 21 heavy (non-hydrogen) atoms. The van der Waals surface area contributed by atoms with Crippen LogP contribution in [-0.4, -0.2) is 25.5 Å². The van der Waals surface area contributed by atoms with Crippen LogP contribution in [0.5, 0.6) is 11.5 Å². The summed E-state index contributed by atoms with van der Waals surface area (Å²) >= 11 is 6.74. The van der Waals surface area contributed by atoms with E-state index in [1.54, 1.807) is 6.07 Å². The van der Waals surface area contributed by atoms with Gasteiger partial charge in [-0.1, -0.05) is 0 Å². The molecule has 0 heterocycles. The second-order valence-electron chi connectivity index (χ2n) is 3.54. The minimum atomic E-state index is -0.763. The number of primary amides is 1. The maximum Gasteiger partial charge on any atom is 0.332 e. The SMILES string of the molecule is CCOc1cc(C=NNC(N)=O)c(Br)c(Br)c1OCC#N. The average Bonchev–Trinajstić information content (AvgIpc) is 2.43. The molecule has 1 aromatic rings. The first kappa shape index (κ1) is 17.3. The maximum absolute atomic E-state index is 10.6. The van der Waals surface area contributed by atoms with Crippen LogP contribution < -0.4 is 20.6 Å². The number of nitriles is 1. The third kappa shape index (κ3) is 4.91. The minimum absolute atomic E-state index is 0.109. The molecule has 0 saturated heterocycles. The van der Waals surface area contributed by atoms with Crippen LogP contribution in [0.3, 0.4) is 0 Å². The van der Waals surface area contributed by atoms with E-state index in [2.05, 4.69) is 42.4 Å². The van der Waals surface area contributed by atoms with Crippen LogP contribution in [0, 0.1) is 11.3 Å². The lowest BCUT2D eigenvalue weighted by molar-refractivity contribution is 0.249. The number of hydrogen-bond acceptors (Lipinski definition) is 5. The van der Waals surface area contributed by atoms with Crippen molar-refractivity contribution in [3.8, 4) is 17.6 Å². The molecule has 1 rings (SSSR count). The van der Waals surface area contributed by atoms with Gasteiger partial charge in [0, 0.05) is 10.0 Å². The van der Waals surface area contributed by atoms with E-state index in [1.807, 2.05) is 13.0 Å². The molecule has 0 radical (unpaired) electrons. The van der Waals surface area contributed by atoms with Crippen LogP contribution in [-0.2, 0) is 0 Å². The van der Waals surface area contributed by atoms with E-state index in [4.69, 9.17) is 20.5 Å². The molecular weight excluding hydrogens is 408 g/mol. The fourth-order valence-corrected chi connectivity index (χ4v) is 2.30. The summed E-state index contributed by atoms with van der Waals surface area (Å²) in [5.41, 5.74) is 7.65. The zero-order chi connectivity index (χ0) is 15.8. The highest BCUT2D eigenvalue weighted by molar-refractivity contribution is 9.13. The number of hydrazone groups is 1. The number of benzene rings is 1. The topological polar surface area (TPSA) is 110 Å². The van der Waals surface area contributed by atoms with Gasteiger partial charge in [0.1, 0.15) is 6.07 Å². The molecule has 2 amide bonds. The fourth-order valence-electron chi connectivity index (χ4n) is 1.37. The van der Waals surface area contributed by atoms with Crippen LogP contribution in [0.4, 0.5) is 4.79 Å². The third-order valence-corrected chi connectivity index (χ3v) is 4.26. The van der Waals surface area contributed by atoms with Crippen molar-refractivity contribution in [1.29, 1.82) is 5.26 Å². The van der Waals surface area contributed by atoms with Crippen molar-refractivity contribution in [2.24, 2.45) is 10.8 Å². The first-order chi connectivity index (χ1) is 10.0. The van der Waals surface area contributed by atoms with Gasteiger partial charge in [0.05, 0.1) is 17.3 Å². The molecule has 7 nitrogen and oxygen atoms in total. The number of amides is 2. The molecule has 0 spiro atoms. The molecule has 0 aliphatic heterocycles. The van der Waals surface area contributed by atoms with Crippen molar-refractivity contribution >= 4 is 44.1 Å². The van der Waals surface area contributed by atoms with Crippen molar-refractivity contribution in [2.45, 2.75) is 6.92 Å². The van der Waals surface area contributed by atoms with Gasteiger partial charge in [-0.15, -0.1) is 0 Å².